The summed E-state index contributed by atoms with van der Waals surface area (Å²) in [6.45, 7) is 0. The number of Topliss-reactive ketones (excluding diaryl/α,β-unsaturated/α-hetero) is 1. The van der Waals surface area contributed by atoms with E-state index in [2.05, 4.69) is 20.9 Å². The van der Waals surface area contributed by atoms with Gasteiger partial charge >= 0.3 is 0 Å². The van der Waals surface area contributed by atoms with Crippen molar-refractivity contribution < 1.29 is 22.7 Å². The van der Waals surface area contributed by atoms with Crippen molar-refractivity contribution >= 4 is 53.1 Å². The predicted octanol–water partition coefficient (Wildman–Crippen LogP) is 6.73. The van der Waals surface area contributed by atoms with Gasteiger partial charge in [0.25, 0.3) is 0 Å². The van der Waals surface area contributed by atoms with E-state index in [1.54, 1.807) is 38.6 Å². The molecule has 0 fully saturated rings. The van der Waals surface area contributed by atoms with Crippen LogP contribution in [-0.2, 0) is 27.5 Å². The van der Waals surface area contributed by atoms with Crippen LogP contribution in [0.1, 0.15) is 11.1 Å². The molecule has 0 saturated carbocycles. The fraction of sp³-hybridized carbons (Fsp3) is 0.125. The first-order chi connectivity index (χ1) is 20.3. The van der Waals surface area contributed by atoms with Crippen molar-refractivity contribution in [3.8, 4) is 11.5 Å². The van der Waals surface area contributed by atoms with Crippen LogP contribution in [0.5, 0.6) is 11.5 Å². The Kier molecular flexibility index (Phi) is 7.61. The molecule has 0 radical (unpaired) electrons. The summed E-state index contributed by atoms with van der Waals surface area (Å²) < 4.78 is 38.4. The SMILES string of the molecule is COc1ccc(CC2=C(Cc3ccc(OC)cc3)N3C=CC(=C(Br)S(=O)(=O)c4nc5ccccc5s4)C=C3C2=O)cc1. The minimum absolute atomic E-state index is 0.00596. The summed E-state index contributed by atoms with van der Waals surface area (Å²) in [7, 11) is -0.709. The fourth-order valence-electron chi connectivity index (χ4n) is 4.92. The van der Waals surface area contributed by atoms with Crippen LogP contribution in [0.4, 0.5) is 0 Å². The Labute approximate surface area is 256 Å². The number of hydrogen-bond donors (Lipinski definition) is 0. The number of nitrogens with zero attached hydrogens (tertiary/aromatic N) is 2. The van der Waals surface area contributed by atoms with E-state index in [0.717, 1.165) is 44.4 Å². The zero-order valence-corrected chi connectivity index (χ0v) is 25.9. The van der Waals surface area contributed by atoms with Crippen LogP contribution >= 0.6 is 27.3 Å². The van der Waals surface area contributed by atoms with E-state index < -0.39 is 9.84 Å². The second-order valence-electron chi connectivity index (χ2n) is 9.70. The van der Waals surface area contributed by atoms with Gasteiger partial charge in [-0.15, -0.1) is 11.3 Å². The first-order valence-corrected chi connectivity index (χ1v) is 16.1. The molecule has 0 amide bonds. The number of benzene rings is 3. The van der Waals surface area contributed by atoms with Gasteiger partial charge in [-0.2, -0.15) is 0 Å². The van der Waals surface area contributed by atoms with Crippen molar-refractivity contribution in [3.05, 3.63) is 129 Å². The number of allylic oxidation sites excluding steroid dienone is 5. The summed E-state index contributed by atoms with van der Waals surface area (Å²) in [5, 5.41) is 0. The number of aromatic nitrogens is 1. The van der Waals surface area contributed by atoms with Crippen LogP contribution in [0.2, 0.25) is 0 Å². The Bertz CT molecular complexity index is 1900. The third-order valence-electron chi connectivity index (χ3n) is 7.14. The lowest BCUT2D eigenvalue weighted by molar-refractivity contribution is -0.112. The quantitative estimate of drug-likeness (QED) is 0.207. The molecule has 0 aliphatic carbocycles. The molecule has 6 rings (SSSR count). The van der Waals surface area contributed by atoms with Crippen LogP contribution in [0.25, 0.3) is 10.2 Å². The highest BCUT2D eigenvalue weighted by molar-refractivity contribution is 9.13. The molecular formula is C32H25BrN2O5S2. The highest BCUT2D eigenvalue weighted by Gasteiger charge is 2.36. The molecule has 0 N–H and O–H groups in total. The van der Waals surface area contributed by atoms with E-state index >= 15 is 0 Å². The van der Waals surface area contributed by atoms with Crippen LogP contribution in [0.3, 0.4) is 0 Å². The summed E-state index contributed by atoms with van der Waals surface area (Å²) in [6.07, 6.45) is 6.02. The second-order valence-corrected chi connectivity index (χ2v) is 14.1. The Balaban J connectivity index is 1.38. The molecule has 0 atom stereocenters. The number of methoxy groups -OCH3 is 2. The molecule has 4 aromatic rings. The number of halogens is 1. The van der Waals surface area contributed by atoms with Gasteiger partial charge in [-0.3, -0.25) is 4.79 Å². The maximum atomic E-state index is 13.9. The zero-order valence-electron chi connectivity index (χ0n) is 22.7. The molecular weight excluding hydrogens is 636 g/mol. The Morgan fingerprint density at radius 2 is 1.52 bits per heavy atom. The molecule has 212 valence electrons. The van der Waals surface area contributed by atoms with Crippen LogP contribution in [0.15, 0.2) is 122 Å². The number of fused-ring (bicyclic) bond motifs is 2. The van der Waals surface area contributed by atoms with Gasteiger partial charge in [-0.05, 0) is 75.6 Å². The molecule has 10 heteroatoms. The molecule has 3 aromatic carbocycles. The van der Waals surface area contributed by atoms with Gasteiger partial charge in [-0.25, -0.2) is 13.4 Å². The lowest BCUT2D eigenvalue weighted by atomic mass is 9.98. The van der Waals surface area contributed by atoms with Crippen molar-refractivity contribution in [1.82, 2.24) is 9.88 Å². The number of sulfone groups is 1. The normalized spacial score (nSPS) is 16.1. The monoisotopic (exact) mass is 660 g/mol. The minimum atomic E-state index is -3.94. The van der Waals surface area contributed by atoms with Crippen LogP contribution < -0.4 is 9.47 Å². The number of para-hydroxylation sites is 1. The van der Waals surface area contributed by atoms with E-state index in [0.29, 0.717) is 35.2 Å². The predicted molar refractivity (Wildman–Crippen MR) is 167 cm³/mol. The van der Waals surface area contributed by atoms with E-state index in [4.69, 9.17) is 9.47 Å². The average Bonchev–Trinajstić information content (AvgIpc) is 3.57. The molecule has 42 heavy (non-hydrogen) atoms. The number of hydrogen-bond acceptors (Lipinski definition) is 8. The molecule has 0 saturated heterocycles. The summed E-state index contributed by atoms with van der Waals surface area (Å²) in [5.74, 6) is 1.34. The summed E-state index contributed by atoms with van der Waals surface area (Å²) in [4.78, 5) is 20.1. The zero-order chi connectivity index (χ0) is 29.4. The number of thiazole rings is 1. The third-order valence-corrected chi connectivity index (χ3v) is 11.9. The number of rotatable bonds is 8. The maximum absolute atomic E-state index is 13.9. The lowest BCUT2D eigenvalue weighted by Crippen LogP contribution is -2.18. The van der Waals surface area contributed by atoms with Crippen molar-refractivity contribution in [2.24, 2.45) is 0 Å². The lowest BCUT2D eigenvalue weighted by Gasteiger charge is -2.23. The highest BCUT2D eigenvalue weighted by atomic mass is 79.9. The fourth-order valence-corrected chi connectivity index (χ4v) is 8.41. The highest BCUT2D eigenvalue weighted by Crippen LogP contribution is 2.40. The van der Waals surface area contributed by atoms with E-state index in [9.17, 15) is 13.2 Å². The minimum Gasteiger partial charge on any atom is -0.497 e. The summed E-state index contributed by atoms with van der Waals surface area (Å²) in [5.41, 5.74) is 4.87. The first-order valence-electron chi connectivity index (χ1n) is 13.0. The average molecular weight is 662 g/mol. The topological polar surface area (TPSA) is 85.8 Å². The van der Waals surface area contributed by atoms with Gasteiger partial charge in [0.05, 0.1) is 30.1 Å². The summed E-state index contributed by atoms with van der Waals surface area (Å²) >= 11 is 4.45. The Morgan fingerprint density at radius 3 is 2.14 bits per heavy atom. The molecule has 3 heterocycles. The van der Waals surface area contributed by atoms with E-state index in [-0.39, 0.29) is 13.9 Å². The number of ether oxygens (including phenoxy) is 2. The van der Waals surface area contributed by atoms with Crippen molar-refractivity contribution in [3.63, 3.8) is 0 Å². The van der Waals surface area contributed by atoms with Gasteiger partial charge < -0.3 is 14.4 Å². The molecule has 0 bridgehead atoms. The number of carbonyl (C=O) groups is 1. The summed E-state index contributed by atoms with van der Waals surface area (Å²) in [6, 6.07) is 22.6. The van der Waals surface area contributed by atoms with Gasteiger partial charge in [-0.1, -0.05) is 36.4 Å². The van der Waals surface area contributed by atoms with Gasteiger partial charge in [0.1, 0.15) is 15.3 Å². The van der Waals surface area contributed by atoms with Crippen molar-refractivity contribution in [2.75, 3.05) is 14.2 Å². The van der Waals surface area contributed by atoms with Gasteiger partial charge in [0.15, 0.2) is 0 Å². The van der Waals surface area contributed by atoms with Gasteiger partial charge in [0, 0.05) is 35.9 Å². The molecule has 0 spiro atoms. The first kappa shape index (κ1) is 28.1. The molecule has 2 aliphatic heterocycles. The molecule has 2 aliphatic rings. The Hall–Kier alpha value is -3.99. The van der Waals surface area contributed by atoms with Crippen LogP contribution in [-0.4, -0.2) is 38.3 Å². The maximum Gasteiger partial charge on any atom is 0.240 e. The molecule has 7 nitrogen and oxygen atoms in total. The third kappa shape index (κ3) is 5.21. The number of ketones is 1. The molecule has 0 unspecified atom stereocenters. The van der Waals surface area contributed by atoms with Crippen molar-refractivity contribution in [1.29, 1.82) is 0 Å². The van der Waals surface area contributed by atoms with Crippen molar-refractivity contribution in [2.45, 2.75) is 17.2 Å². The van der Waals surface area contributed by atoms with Crippen LogP contribution in [0, 0.1) is 0 Å². The Morgan fingerprint density at radius 1 is 0.905 bits per heavy atom. The number of carbonyl (C=O) groups excluding carboxylic acids is 1. The largest absolute Gasteiger partial charge is 0.497 e. The smallest absolute Gasteiger partial charge is 0.240 e. The molecule has 1 aromatic heterocycles. The van der Waals surface area contributed by atoms with E-state index in [1.165, 1.54) is 0 Å². The standard InChI is InChI=1S/C32H25BrN2O5S2/c1-39-23-11-7-20(8-12-23)17-25-27(18-21-9-13-24(40-2)14-10-21)35-16-15-22(19-28(35)30(25)36)31(33)42(37,38)32-34-26-5-3-4-6-29(26)41-32/h3-16,19H,17-18H2,1-2H3. The van der Waals surface area contributed by atoms with E-state index in [1.807, 2.05) is 71.6 Å². The second kappa shape index (κ2) is 11.4. The van der Waals surface area contributed by atoms with Gasteiger partial charge in [0.2, 0.25) is 20.0 Å².